The Morgan fingerprint density at radius 2 is 1.96 bits per heavy atom. The molecule has 2 N–H and O–H groups in total. The quantitative estimate of drug-likeness (QED) is 0.686. The molecule has 0 spiro atoms. The fraction of sp³-hybridized carbons (Fsp3) is 0.105. The molecule has 1 aromatic heterocycles. The van der Waals surface area contributed by atoms with Gasteiger partial charge in [-0.3, -0.25) is 4.79 Å². The average molecular weight is 366 g/mol. The van der Waals surface area contributed by atoms with Gasteiger partial charge in [0, 0.05) is 0 Å². The van der Waals surface area contributed by atoms with E-state index in [-0.39, 0.29) is 26.8 Å². The number of rotatable bonds is 3. The van der Waals surface area contributed by atoms with Crippen molar-refractivity contribution < 1.29 is 19.4 Å². The van der Waals surface area contributed by atoms with E-state index in [4.69, 9.17) is 4.74 Å². The van der Waals surface area contributed by atoms with E-state index in [1.165, 1.54) is 13.2 Å². The number of hydrogen-bond donors (Lipinski definition) is 2. The van der Waals surface area contributed by atoms with Gasteiger partial charge in [-0.15, -0.1) is 11.3 Å². The summed E-state index contributed by atoms with van der Waals surface area (Å²) in [5.41, 5.74) is 0.753. The number of carbonyl (C=O) groups excluding carboxylic acids is 2. The molecule has 0 aliphatic heterocycles. The molecule has 2 aromatic carbocycles. The van der Waals surface area contributed by atoms with Crippen LogP contribution in [0.2, 0.25) is 0 Å². The second kappa shape index (κ2) is 6.86. The Balaban J connectivity index is 2.06. The number of ether oxygens (including phenoxy) is 1. The van der Waals surface area contributed by atoms with E-state index in [1.54, 1.807) is 25.1 Å². The average Bonchev–Trinajstić information content (AvgIpc) is 2.95. The molecule has 1 amide bonds. The van der Waals surface area contributed by atoms with E-state index >= 15 is 0 Å². The standard InChI is InChI=1S/C19H14N2O4S/c1-10-13(9-20)18(26-16(10)19(24)25-2)21-17(23)15-12-6-4-3-5-11(12)7-8-14(15)22/h3-8,22H,1-2H3,(H,21,23). The number of benzene rings is 2. The van der Waals surface area contributed by atoms with Crippen molar-refractivity contribution in [3.05, 3.63) is 58.0 Å². The summed E-state index contributed by atoms with van der Waals surface area (Å²) in [4.78, 5) is 24.9. The summed E-state index contributed by atoms with van der Waals surface area (Å²) in [6, 6.07) is 12.3. The molecule has 0 radical (unpaired) electrons. The van der Waals surface area contributed by atoms with Gasteiger partial charge in [-0.2, -0.15) is 5.26 Å². The number of carbonyl (C=O) groups is 2. The van der Waals surface area contributed by atoms with Gasteiger partial charge in [-0.05, 0) is 29.3 Å². The molecule has 1 heterocycles. The number of amides is 1. The molecule has 0 saturated heterocycles. The molecule has 0 atom stereocenters. The number of phenols is 1. The van der Waals surface area contributed by atoms with Crippen LogP contribution in [0.5, 0.6) is 5.75 Å². The van der Waals surface area contributed by atoms with E-state index in [1.807, 2.05) is 18.2 Å². The zero-order chi connectivity index (χ0) is 18.8. The van der Waals surface area contributed by atoms with Gasteiger partial charge < -0.3 is 15.2 Å². The lowest BCUT2D eigenvalue weighted by Crippen LogP contribution is -2.12. The summed E-state index contributed by atoms with van der Waals surface area (Å²) in [6.07, 6.45) is 0. The summed E-state index contributed by atoms with van der Waals surface area (Å²) in [6.45, 7) is 1.62. The second-order valence-electron chi connectivity index (χ2n) is 5.50. The van der Waals surface area contributed by atoms with Gasteiger partial charge in [0.15, 0.2) is 0 Å². The lowest BCUT2D eigenvalue weighted by Gasteiger charge is -2.09. The second-order valence-corrected chi connectivity index (χ2v) is 6.52. The van der Waals surface area contributed by atoms with E-state index in [0.29, 0.717) is 10.9 Å². The minimum absolute atomic E-state index is 0.109. The van der Waals surface area contributed by atoms with Crippen molar-refractivity contribution in [3.8, 4) is 11.8 Å². The molecule has 0 aliphatic rings. The van der Waals surface area contributed by atoms with Gasteiger partial charge >= 0.3 is 5.97 Å². The summed E-state index contributed by atoms with van der Waals surface area (Å²) in [5.74, 6) is -1.30. The molecule has 7 heteroatoms. The van der Waals surface area contributed by atoms with Crippen molar-refractivity contribution >= 4 is 39.0 Å². The highest BCUT2D eigenvalue weighted by atomic mass is 32.1. The molecular formula is C19H14N2O4S. The van der Waals surface area contributed by atoms with Crippen LogP contribution in [0, 0.1) is 18.3 Å². The molecular weight excluding hydrogens is 352 g/mol. The minimum atomic E-state index is -0.572. The van der Waals surface area contributed by atoms with E-state index < -0.39 is 11.9 Å². The number of phenolic OH excluding ortho intramolecular Hbond substituents is 1. The summed E-state index contributed by atoms with van der Waals surface area (Å²) < 4.78 is 4.71. The first-order valence-corrected chi connectivity index (χ1v) is 8.43. The van der Waals surface area contributed by atoms with Crippen LogP contribution >= 0.6 is 11.3 Å². The predicted octanol–water partition coefficient (Wildman–Crippen LogP) is 3.83. The van der Waals surface area contributed by atoms with Gasteiger partial charge in [0.1, 0.15) is 21.7 Å². The van der Waals surface area contributed by atoms with Crippen LogP contribution in [0.15, 0.2) is 36.4 Å². The smallest absolute Gasteiger partial charge is 0.348 e. The first kappa shape index (κ1) is 17.5. The van der Waals surface area contributed by atoms with Crippen LogP contribution in [0.25, 0.3) is 10.8 Å². The molecule has 0 aliphatic carbocycles. The Morgan fingerprint density at radius 3 is 2.65 bits per heavy atom. The summed E-state index contributed by atoms with van der Waals surface area (Å²) in [5, 5.41) is 23.8. The highest BCUT2D eigenvalue weighted by molar-refractivity contribution is 7.18. The number of fused-ring (bicyclic) bond motifs is 1. The van der Waals surface area contributed by atoms with Crippen LogP contribution in [-0.2, 0) is 4.74 Å². The highest BCUT2D eigenvalue weighted by Crippen LogP contribution is 2.34. The van der Waals surface area contributed by atoms with Crippen molar-refractivity contribution in [2.75, 3.05) is 12.4 Å². The van der Waals surface area contributed by atoms with Gasteiger partial charge in [0.2, 0.25) is 0 Å². The SMILES string of the molecule is COC(=O)c1sc(NC(=O)c2c(O)ccc3ccccc23)c(C#N)c1C. The van der Waals surface area contributed by atoms with Gasteiger partial charge in [-0.25, -0.2) is 4.79 Å². The summed E-state index contributed by atoms with van der Waals surface area (Å²) >= 11 is 0.967. The van der Waals surface area contributed by atoms with Crippen LogP contribution in [-0.4, -0.2) is 24.1 Å². The van der Waals surface area contributed by atoms with Crippen LogP contribution in [0.4, 0.5) is 5.00 Å². The number of methoxy groups -OCH3 is 1. The van der Waals surface area contributed by atoms with E-state index in [9.17, 15) is 20.0 Å². The predicted molar refractivity (Wildman–Crippen MR) is 98.7 cm³/mol. The minimum Gasteiger partial charge on any atom is -0.507 e. The zero-order valence-electron chi connectivity index (χ0n) is 14.0. The first-order valence-electron chi connectivity index (χ1n) is 7.61. The molecule has 6 nitrogen and oxygen atoms in total. The fourth-order valence-corrected chi connectivity index (χ4v) is 3.76. The van der Waals surface area contributed by atoms with Crippen molar-refractivity contribution in [1.82, 2.24) is 0 Å². The first-order chi connectivity index (χ1) is 12.5. The topological polar surface area (TPSA) is 99.4 Å². The molecule has 3 aromatic rings. The molecule has 0 bridgehead atoms. The normalized spacial score (nSPS) is 10.3. The number of nitrogens with one attached hydrogen (secondary N) is 1. The number of thiophene rings is 1. The number of nitrogens with zero attached hydrogens (tertiary/aromatic N) is 1. The van der Waals surface area contributed by atoms with Crippen molar-refractivity contribution in [1.29, 1.82) is 5.26 Å². The van der Waals surface area contributed by atoms with Crippen LogP contribution in [0.1, 0.15) is 31.2 Å². The van der Waals surface area contributed by atoms with Gasteiger partial charge in [0.05, 0.1) is 18.2 Å². The van der Waals surface area contributed by atoms with Crippen molar-refractivity contribution in [2.45, 2.75) is 6.92 Å². The number of hydrogen-bond acceptors (Lipinski definition) is 6. The molecule has 130 valence electrons. The molecule has 26 heavy (non-hydrogen) atoms. The van der Waals surface area contributed by atoms with Crippen LogP contribution < -0.4 is 5.32 Å². The third-order valence-corrected chi connectivity index (χ3v) is 5.18. The number of nitriles is 1. The lowest BCUT2D eigenvalue weighted by molar-refractivity contribution is 0.0605. The third-order valence-electron chi connectivity index (χ3n) is 3.99. The number of esters is 1. The zero-order valence-corrected chi connectivity index (χ0v) is 14.8. The lowest BCUT2D eigenvalue weighted by atomic mass is 10.0. The Kier molecular flexibility index (Phi) is 4.61. The maximum atomic E-state index is 12.8. The van der Waals surface area contributed by atoms with E-state index in [0.717, 1.165) is 16.7 Å². The monoisotopic (exact) mass is 366 g/mol. The molecule has 3 rings (SSSR count). The van der Waals surface area contributed by atoms with Gasteiger partial charge in [0.25, 0.3) is 5.91 Å². The fourth-order valence-electron chi connectivity index (χ4n) is 2.69. The maximum Gasteiger partial charge on any atom is 0.348 e. The van der Waals surface area contributed by atoms with Crippen LogP contribution in [0.3, 0.4) is 0 Å². The maximum absolute atomic E-state index is 12.8. The third kappa shape index (κ3) is 2.87. The molecule has 0 saturated carbocycles. The Morgan fingerprint density at radius 1 is 1.23 bits per heavy atom. The Bertz CT molecular complexity index is 1080. The number of aromatic hydroxyl groups is 1. The van der Waals surface area contributed by atoms with E-state index in [2.05, 4.69) is 5.32 Å². The Labute approximate surface area is 153 Å². The largest absolute Gasteiger partial charge is 0.507 e. The van der Waals surface area contributed by atoms with Gasteiger partial charge in [-0.1, -0.05) is 30.3 Å². The van der Waals surface area contributed by atoms with Crippen molar-refractivity contribution in [3.63, 3.8) is 0 Å². The molecule has 0 unspecified atom stereocenters. The number of anilines is 1. The van der Waals surface area contributed by atoms with Crippen molar-refractivity contribution in [2.24, 2.45) is 0 Å². The molecule has 0 fully saturated rings. The summed E-state index contributed by atoms with van der Waals surface area (Å²) in [7, 11) is 1.25. The highest BCUT2D eigenvalue weighted by Gasteiger charge is 2.23. The Hall–Kier alpha value is -3.37.